The first-order chi connectivity index (χ1) is 10.1. The first kappa shape index (κ1) is 13.8. The molecule has 21 heavy (non-hydrogen) atoms. The average molecular weight is 275 g/mol. The van der Waals surface area contributed by atoms with E-state index < -0.39 is 0 Å². The third-order valence-electron chi connectivity index (χ3n) is 3.96. The van der Waals surface area contributed by atoms with Gasteiger partial charge in [0.2, 0.25) is 0 Å². The lowest BCUT2D eigenvalue weighted by Crippen LogP contribution is -2.14. The summed E-state index contributed by atoms with van der Waals surface area (Å²) >= 11 is 0. The molecule has 1 atom stereocenters. The monoisotopic (exact) mass is 275 g/mol. The number of rotatable bonds is 3. The molecule has 106 valence electrons. The van der Waals surface area contributed by atoms with Gasteiger partial charge in [0.25, 0.3) is 0 Å². The standard InChI is InChI=1S/C20H21N/c1-14-10-15(2)12-16(11-14)13-20(21)19-9-5-7-17-6-3-4-8-18(17)19/h3-12,20H,13,21H2,1-2H3. The van der Waals surface area contributed by atoms with Crippen LogP contribution in [0.5, 0.6) is 0 Å². The smallest absolute Gasteiger partial charge is 0.0341 e. The summed E-state index contributed by atoms with van der Waals surface area (Å²) in [6, 6.07) is 21.5. The predicted molar refractivity (Wildman–Crippen MR) is 90.5 cm³/mol. The molecule has 3 aromatic rings. The van der Waals surface area contributed by atoms with Crippen LogP contribution in [0.3, 0.4) is 0 Å². The Morgan fingerprint density at radius 3 is 2.29 bits per heavy atom. The topological polar surface area (TPSA) is 26.0 Å². The van der Waals surface area contributed by atoms with Gasteiger partial charge in [-0.1, -0.05) is 71.8 Å². The third-order valence-corrected chi connectivity index (χ3v) is 3.96. The Morgan fingerprint density at radius 1 is 0.857 bits per heavy atom. The molecule has 0 aromatic heterocycles. The van der Waals surface area contributed by atoms with Crippen LogP contribution in [0.25, 0.3) is 10.8 Å². The SMILES string of the molecule is Cc1cc(C)cc(CC(N)c2cccc3ccccc23)c1. The third kappa shape index (κ3) is 2.98. The van der Waals surface area contributed by atoms with Crippen molar-refractivity contribution in [3.8, 4) is 0 Å². The molecule has 0 fully saturated rings. The summed E-state index contributed by atoms with van der Waals surface area (Å²) in [4.78, 5) is 0. The van der Waals surface area contributed by atoms with Gasteiger partial charge < -0.3 is 5.73 Å². The molecule has 3 rings (SSSR count). The van der Waals surface area contributed by atoms with E-state index in [1.165, 1.54) is 33.0 Å². The second kappa shape index (κ2) is 5.71. The molecule has 1 unspecified atom stereocenters. The minimum atomic E-state index is 0.0253. The van der Waals surface area contributed by atoms with Crippen molar-refractivity contribution in [2.45, 2.75) is 26.3 Å². The number of aryl methyl sites for hydroxylation is 2. The van der Waals surface area contributed by atoms with E-state index in [1.54, 1.807) is 0 Å². The molecule has 0 bridgehead atoms. The second-order valence-corrected chi connectivity index (χ2v) is 5.87. The lowest BCUT2D eigenvalue weighted by molar-refractivity contribution is 0.727. The number of benzene rings is 3. The van der Waals surface area contributed by atoms with Crippen LogP contribution in [0, 0.1) is 13.8 Å². The molecule has 0 saturated heterocycles. The van der Waals surface area contributed by atoms with Gasteiger partial charge in [-0.15, -0.1) is 0 Å². The van der Waals surface area contributed by atoms with Gasteiger partial charge in [-0.3, -0.25) is 0 Å². The van der Waals surface area contributed by atoms with Crippen molar-refractivity contribution in [2.75, 3.05) is 0 Å². The fourth-order valence-electron chi connectivity index (χ4n) is 3.12. The molecular weight excluding hydrogens is 254 g/mol. The van der Waals surface area contributed by atoms with E-state index in [2.05, 4.69) is 74.5 Å². The van der Waals surface area contributed by atoms with Gasteiger partial charge in [-0.25, -0.2) is 0 Å². The highest BCUT2D eigenvalue weighted by Gasteiger charge is 2.11. The van der Waals surface area contributed by atoms with Crippen molar-refractivity contribution in [2.24, 2.45) is 5.73 Å². The highest BCUT2D eigenvalue weighted by atomic mass is 14.6. The zero-order valence-electron chi connectivity index (χ0n) is 12.6. The normalized spacial score (nSPS) is 12.5. The van der Waals surface area contributed by atoms with Crippen molar-refractivity contribution in [3.63, 3.8) is 0 Å². The second-order valence-electron chi connectivity index (χ2n) is 5.87. The lowest BCUT2D eigenvalue weighted by atomic mass is 9.93. The van der Waals surface area contributed by atoms with Crippen molar-refractivity contribution < 1.29 is 0 Å². The quantitative estimate of drug-likeness (QED) is 0.736. The first-order valence-electron chi connectivity index (χ1n) is 7.44. The molecule has 0 amide bonds. The minimum absolute atomic E-state index is 0.0253. The zero-order valence-corrected chi connectivity index (χ0v) is 12.6. The highest BCUT2D eigenvalue weighted by Crippen LogP contribution is 2.25. The van der Waals surface area contributed by atoms with Crippen LogP contribution in [0.15, 0.2) is 60.7 Å². The number of hydrogen-bond acceptors (Lipinski definition) is 1. The summed E-state index contributed by atoms with van der Waals surface area (Å²) in [6.07, 6.45) is 0.872. The van der Waals surface area contributed by atoms with Crippen molar-refractivity contribution in [1.29, 1.82) is 0 Å². The van der Waals surface area contributed by atoms with Crippen LogP contribution in [0.1, 0.15) is 28.3 Å². The van der Waals surface area contributed by atoms with Gasteiger partial charge in [0.15, 0.2) is 0 Å². The fraction of sp³-hybridized carbons (Fsp3) is 0.200. The van der Waals surface area contributed by atoms with Gasteiger partial charge >= 0.3 is 0 Å². The predicted octanol–water partition coefficient (Wildman–Crippen LogP) is 4.70. The summed E-state index contributed by atoms with van der Waals surface area (Å²) in [5.74, 6) is 0. The van der Waals surface area contributed by atoms with E-state index in [1.807, 2.05) is 0 Å². The lowest BCUT2D eigenvalue weighted by Gasteiger charge is -2.16. The summed E-state index contributed by atoms with van der Waals surface area (Å²) in [5.41, 5.74) is 11.6. The number of fused-ring (bicyclic) bond motifs is 1. The fourth-order valence-corrected chi connectivity index (χ4v) is 3.12. The van der Waals surface area contributed by atoms with E-state index in [4.69, 9.17) is 5.73 Å². The molecule has 0 spiro atoms. The molecule has 0 saturated carbocycles. The molecule has 2 N–H and O–H groups in total. The molecule has 0 radical (unpaired) electrons. The Morgan fingerprint density at radius 2 is 1.52 bits per heavy atom. The van der Waals surface area contributed by atoms with E-state index in [9.17, 15) is 0 Å². The Hall–Kier alpha value is -2.12. The Bertz CT molecular complexity index is 748. The van der Waals surface area contributed by atoms with E-state index in [0.717, 1.165) is 6.42 Å². The van der Waals surface area contributed by atoms with Crippen molar-refractivity contribution in [1.82, 2.24) is 0 Å². The van der Waals surface area contributed by atoms with Crippen LogP contribution >= 0.6 is 0 Å². The van der Waals surface area contributed by atoms with Crippen molar-refractivity contribution >= 4 is 10.8 Å². The summed E-state index contributed by atoms with van der Waals surface area (Å²) < 4.78 is 0. The molecule has 0 aliphatic carbocycles. The zero-order chi connectivity index (χ0) is 14.8. The van der Waals surface area contributed by atoms with Gasteiger partial charge in [0.1, 0.15) is 0 Å². The number of hydrogen-bond donors (Lipinski definition) is 1. The first-order valence-corrected chi connectivity index (χ1v) is 7.44. The molecule has 1 heteroatoms. The Labute approximate surface area is 126 Å². The van der Waals surface area contributed by atoms with Crippen LogP contribution in [0.4, 0.5) is 0 Å². The summed E-state index contributed by atoms with van der Waals surface area (Å²) in [6.45, 7) is 4.28. The average Bonchev–Trinajstić information content (AvgIpc) is 2.45. The Kier molecular flexibility index (Phi) is 3.76. The maximum atomic E-state index is 6.49. The molecule has 3 aromatic carbocycles. The van der Waals surface area contributed by atoms with Crippen LogP contribution in [0.2, 0.25) is 0 Å². The van der Waals surface area contributed by atoms with Gasteiger partial charge in [0, 0.05) is 6.04 Å². The van der Waals surface area contributed by atoms with E-state index in [0.29, 0.717) is 0 Å². The molecule has 0 aliphatic rings. The van der Waals surface area contributed by atoms with Crippen LogP contribution in [-0.4, -0.2) is 0 Å². The van der Waals surface area contributed by atoms with E-state index >= 15 is 0 Å². The van der Waals surface area contributed by atoms with Gasteiger partial charge in [-0.05, 0) is 42.2 Å². The Balaban J connectivity index is 1.95. The minimum Gasteiger partial charge on any atom is -0.324 e. The molecular formula is C20H21N. The molecule has 0 aliphatic heterocycles. The molecule has 1 nitrogen and oxygen atoms in total. The van der Waals surface area contributed by atoms with Gasteiger partial charge in [0.05, 0.1) is 0 Å². The maximum absolute atomic E-state index is 6.49. The summed E-state index contributed by atoms with van der Waals surface area (Å²) in [7, 11) is 0. The maximum Gasteiger partial charge on any atom is 0.0341 e. The van der Waals surface area contributed by atoms with Crippen molar-refractivity contribution in [3.05, 3.63) is 82.9 Å². The van der Waals surface area contributed by atoms with E-state index in [-0.39, 0.29) is 6.04 Å². The van der Waals surface area contributed by atoms with Crippen LogP contribution in [-0.2, 0) is 6.42 Å². The summed E-state index contributed by atoms with van der Waals surface area (Å²) in [5, 5.41) is 2.52. The molecule has 0 heterocycles. The largest absolute Gasteiger partial charge is 0.324 e. The van der Waals surface area contributed by atoms with Crippen LogP contribution < -0.4 is 5.73 Å². The number of nitrogens with two attached hydrogens (primary N) is 1. The highest BCUT2D eigenvalue weighted by molar-refractivity contribution is 5.86. The van der Waals surface area contributed by atoms with Gasteiger partial charge in [-0.2, -0.15) is 0 Å².